The van der Waals surface area contributed by atoms with Gasteiger partial charge in [0.15, 0.2) is 11.5 Å². The Bertz CT molecular complexity index is 1370. The quantitative estimate of drug-likeness (QED) is 0.285. The number of benzene rings is 3. The summed E-state index contributed by atoms with van der Waals surface area (Å²) >= 11 is 6.24. The van der Waals surface area contributed by atoms with Crippen molar-refractivity contribution in [1.82, 2.24) is 9.55 Å². The summed E-state index contributed by atoms with van der Waals surface area (Å²) in [6.07, 6.45) is 1.22. The smallest absolute Gasteiger partial charge is 0.227 e. The largest absolute Gasteiger partial charge is 0.493 e. The van der Waals surface area contributed by atoms with Gasteiger partial charge in [0.05, 0.1) is 24.8 Å². The minimum Gasteiger partial charge on any atom is -0.493 e. The van der Waals surface area contributed by atoms with Gasteiger partial charge < -0.3 is 18.9 Å². The molecule has 0 aliphatic carbocycles. The summed E-state index contributed by atoms with van der Waals surface area (Å²) in [4.78, 5) is 19.8. The molecule has 1 saturated heterocycles. The van der Waals surface area contributed by atoms with E-state index in [4.69, 9.17) is 26.1 Å². The van der Waals surface area contributed by atoms with Gasteiger partial charge in [-0.25, -0.2) is 4.98 Å². The van der Waals surface area contributed by atoms with Crippen LogP contribution in [0.2, 0.25) is 5.02 Å². The minimum absolute atomic E-state index is 0.00316. The number of amides is 1. The van der Waals surface area contributed by atoms with E-state index in [0.717, 1.165) is 52.6 Å². The third kappa shape index (κ3) is 4.71. The fourth-order valence-electron chi connectivity index (χ4n) is 4.77. The van der Waals surface area contributed by atoms with E-state index in [1.165, 1.54) is 0 Å². The zero-order valence-corrected chi connectivity index (χ0v) is 20.7. The van der Waals surface area contributed by atoms with Crippen LogP contribution < -0.4 is 14.4 Å². The monoisotopic (exact) mass is 489 g/mol. The molecule has 0 bridgehead atoms. The number of aryl methyl sites for hydroxylation is 2. The summed E-state index contributed by atoms with van der Waals surface area (Å²) in [5.74, 6) is 2.50. The van der Waals surface area contributed by atoms with E-state index >= 15 is 0 Å². The van der Waals surface area contributed by atoms with E-state index in [9.17, 15) is 4.79 Å². The molecular formula is C28H28ClN3O3. The number of hydrogen-bond acceptors (Lipinski definition) is 4. The lowest BCUT2D eigenvalue weighted by atomic mass is 10.1. The molecule has 0 saturated carbocycles. The van der Waals surface area contributed by atoms with E-state index in [1.54, 1.807) is 7.11 Å². The highest BCUT2D eigenvalue weighted by Crippen LogP contribution is 2.35. The van der Waals surface area contributed by atoms with Crippen LogP contribution in [0.5, 0.6) is 11.5 Å². The van der Waals surface area contributed by atoms with Crippen molar-refractivity contribution >= 4 is 34.2 Å². The molecule has 180 valence electrons. The molecular weight excluding hydrogens is 462 g/mol. The molecule has 1 fully saturated rings. The highest BCUT2D eigenvalue weighted by Gasteiger charge is 2.35. The van der Waals surface area contributed by atoms with Crippen molar-refractivity contribution in [2.45, 2.75) is 32.2 Å². The number of hydrogen-bond donors (Lipinski definition) is 0. The summed E-state index contributed by atoms with van der Waals surface area (Å²) in [6, 6.07) is 21.5. The minimum atomic E-state index is 0.00316. The summed E-state index contributed by atoms with van der Waals surface area (Å²) in [5, 5.41) is 0.629. The number of fused-ring (bicyclic) bond motifs is 1. The molecule has 0 N–H and O–H groups in total. The standard InChI is InChI=1S/C28H28ClN3O3/c1-19-12-13-21(29)17-24(19)32-18-20(16-27(32)33)28-30-22-8-3-4-9-23(22)31(28)14-7-15-35-26-11-6-5-10-25(26)34-2/h3-6,8-13,17,20H,7,14-16,18H2,1-2H3/t20-/m1/s1. The first-order valence-electron chi connectivity index (χ1n) is 11.8. The SMILES string of the molecule is COc1ccccc1OCCCn1c([C@@H]2CC(=O)N(c3cc(Cl)ccc3C)C2)nc2ccccc21. The molecule has 4 aromatic rings. The van der Waals surface area contributed by atoms with Gasteiger partial charge >= 0.3 is 0 Å². The van der Waals surface area contributed by atoms with E-state index in [0.29, 0.717) is 24.6 Å². The Morgan fingerprint density at radius 2 is 1.83 bits per heavy atom. The maximum Gasteiger partial charge on any atom is 0.227 e. The number of para-hydroxylation sites is 4. The number of nitrogens with zero attached hydrogens (tertiary/aromatic N) is 3. The second kappa shape index (κ2) is 10.0. The van der Waals surface area contributed by atoms with Gasteiger partial charge in [-0.05, 0) is 55.3 Å². The Hall–Kier alpha value is -3.51. The van der Waals surface area contributed by atoms with Crippen LogP contribution >= 0.6 is 11.6 Å². The Labute approximate surface area is 210 Å². The first-order chi connectivity index (χ1) is 17.0. The van der Waals surface area contributed by atoms with E-state index in [1.807, 2.05) is 72.5 Å². The highest BCUT2D eigenvalue weighted by molar-refractivity contribution is 6.31. The van der Waals surface area contributed by atoms with Gasteiger partial charge in [-0.15, -0.1) is 0 Å². The summed E-state index contributed by atoms with van der Waals surface area (Å²) < 4.78 is 13.6. The second-order valence-corrected chi connectivity index (χ2v) is 9.24. The third-order valence-electron chi connectivity index (χ3n) is 6.49. The van der Waals surface area contributed by atoms with Crippen molar-refractivity contribution in [3.63, 3.8) is 0 Å². The number of halogens is 1. The van der Waals surface area contributed by atoms with Crippen LogP contribution in [0, 0.1) is 6.92 Å². The molecule has 1 atom stereocenters. The van der Waals surface area contributed by atoms with E-state index in [2.05, 4.69) is 10.6 Å². The van der Waals surface area contributed by atoms with Gasteiger partial charge in [0.25, 0.3) is 0 Å². The van der Waals surface area contributed by atoms with Gasteiger partial charge in [-0.2, -0.15) is 0 Å². The average molecular weight is 490 g/mol. The van der Waals surface area contributed by atoms with Crippen LogP contribution in [-0.4, -0.2) is 35.7 Å². The van der Waals surface area contributed by atoms with Gasteiger partial charge in [0.2, 0.25) is 5.91 Å². The van der Waals surface area contributed by atoms with E-state index < -0.39 is 0 Å². The zero-order valence-electron chi connectivity index (χ0n) is 19.9. The normalized spacial score (nSPS) is 15.7. The van der Waals surface area contributed by atoms with Crippen LogP contribution in [-0.2, 0) is 11.3 Å². The zero-order chi connectivity index (χ0) is 24.4. The van der Waals surface area contributed by atoms with Crippen LogP contribution in [0.15, 0.2) is 66.7 Å². The molecule has 0 unspecified atom stereocenters. The third-order valence-corrected chi connectivity index (χ3v) is 6.72. The van der Waals surface area contributed by atoms with Gasteiger partial charge in [0, 0.05) is 36.1 Å². The lowest BCUT2D eigenvalue weighted by Gasteiger charge is -2.20. The molecule has 2 heterocycles. The molecule has 3 aromatic carbocycles. The fraction of sp³-hybridized carbons (Fsp3) is 0.286. The predicted octanol–water partition coefficient (Wildman–Crippen LogP) is 6.00. The number of methoxy groups -OCH3 is 1. The maximum atomic E-state index is 13.0. The van der Waals surface area contributed by atoms with Crippen LogP contribution in [0.1, 0.15) is 30.1 Å². The van der Waals surface area contributed by atoms with E-state index in [-0.39, 0.29) is 11.8 Å². The van der Waals surface area contributed by atoms with Gasteiger partial charge in [-0.1, -0.05) is 41.9 Å². The molecule has 0 spiro atoms. The number of imidazole rings is 1. The van der Waals surface area contributed by atoms with Crippen molar-refractivity contribution < 1.29 is 14.3 Å². The molecule has 1 aliphatic rings. The number of anilines is 1. The highest BCUT2D eigenvalue weighted by atomic mass is 35.5. The predicted molar refractivity (Wildman–Crippen MR) is 139 cm³/mol. The first kappa shape index (κ1) is 23.2. The second-order valence-electron chi connectivity index (χ2n) is 8.80. The lowest BCUT2D eigenvalue weighted by molar-refractivity contribution is -0.117. The van der Waals surface area contributed by atoms with Crippen molar-refractivity contribution in [1.29, 1.82) is 0 Å². The molecule has 5 rings (SSSR count). The fourth-order valence-corrected chi connectivity index (χ4v) is 4.94. The first-order valence-corrected chi connectivity index (χ1v) is 12.2. The number of carbonyl (C=O) groups excluding carboxylic acids is 1. The Balaban J connectivity index is 1.36. The lowest BCUT2D eigenvalue weighted by Crippen LogP contribution is -2.25. The maximum absolute atomic E-state index is 13.0. The molecule has 35 heavy (non-hydrogen) atoms. The molecule has 1 aliphatic heterocycles. The van der Waals surface area contributed by atoms with Gasteiger partial charge in [0.1, 0.15) is 5.82 Å². The number of rotatable bonds is 8. The molecule has 1 aromatic heterocycles. The topological polar surface area (TPSA) is 56.6 Å². The Kier molecular flexibility index (Phi) is 6.64. The van der Waals surface area contributed by atoms with Crippen molar-refractivity contribution in [2.24, 2.45) is 0 Å². The number of carbonyl (C=O) groups is 1. The number of ether oxygens (including phenoxy) is 2. The number of aromatic nitrogens is 2. The van der Waals surface area contributed by atoms with Crippen molar-refractivity contribution in [3.8, 4) is 11.5 Å². The molecule has 0 radical (unpaired) electrons. The van der Waals surface area contributed by atoms with Gasteiger partial charge in [-0.3, -0.25) is 4.79 Å². The average Bonchev–Trinajstić information content (AvgIpc) is 3.44. The van der Waals surface area contributed by atoms with Crippen molar-refractivity contribution in [2.75, 3.05) is 25.2 Å². The molecule has 1 amide bonds. The molecule has 6 nitrogen and oxygen atoms in total. The summed E-state index contributed by atoms with van der Waals surface area (Å²) in [6.45, 7) is 3.87. The Morgan fingerprint density at radius 3 is 2.66 bits per heavy atom. The Morgan fingerprint density at radius 1 is 1.06 bits per heavy atom. The van der Waals surface area contributed by atoms with Crippen LogP contribution in [0.3, 0.4) is 0 Å². The summed E-state index contributed by atoms with van der Waals surface area (Å²) in [7, 11) is 1.64. The molecule has 7 heteroatoms. The van der Waals surface area contributed by atoms with Crippen molar-refractivity contribution in [3.05, 3.63) is 83.1 Å². The summed E-state index contributed by atoms with van der Waals surface area (Å²) in [5.41, 5.74) is 3.92. The van der Waals surface area contributed by atoms with Crippen LogP contribution in [0.4, 0.5) is 5.69 Å². The van der Waals surface area contributed by atoms with Crippen LogP contribution in [0.25, 0.3) is 11.0 Å².